The van der Waals surface area contributed by atoms with Crippen molar-refractivity contribution in [2.24, 2.45) is 16.7 Å². The number of esters is 1. The third-order valence-corrected chi connectivity index (χ3v) is 5.14. The van der Waals surface area contributed by atoms with E-state index in [-0.39, 0.29) is 30.5 Å². The molecule has 0 saturated carbocycles. The minimum absolute atomic E-state index is 0.0550. The van der Waals surface area contributed by atoms with Crippen molar-refractivity contribution in [3.8, 4) is 5.75 Å². The summed E-state index contributed by atoms with van der Waals surface area (Å²) >= 11 is 0. The Kier molecular flexibility index (Phi) is 7.94. The number of benzene rings is 1. The van der Waals surface area contributed by atoms with Crippen LogP contribution in [-0.4, -0.2) is 30.4 Å². The maximum atomic E-state index is 12.7. The quantitative estimate of drug-likeness (QED) is 0.633. The maximum absolute atomic E-state index is 12.7. The summed E-state index contributed by atoms with van der Waals surface area (Å²) in [7, 11) is 0. The number of aliphatic hydroxyl groups excluding tert-OH is 1. The van der Waals surface area contributed by atoms with Crippen molar-refractivity contribution in [3.63, 3.8) is 0 Å². The SMILES string of the molecule is CCC(C)(C)CC(C)(C(=O)OCC(O)COc1ccccc1)C(C)C. The highest BCUT2D eigenvalue weighted by Crippen LogP contribution is 2.42. The van der Waals surface area contributed by atoms with Crippen LogP contribution in [-0.2, 0) is 9.53 Å². The Bertz CT molecular complexity index is 524. The number of rotatable bonds is 10. The predicted octanol–water partition coefficient (Wildman–Crippen LogP) is 4.46. The Labute approximate surface area is 152 Å². The van der Waals surface area contributed by atoms with Crippen molar-refractivity contribution in [2.75, 3.05) is 13.2 Å². The normalized spacial score (nSPS) is 15.5. The average molecular weight is 350 g/mol. The second kappa shape index (κ2) is 9.23. The van der Waals surface area contributed by atoms with Crippen molar-refractivity contribution in [1.82, 2.24) is 0 Å². The molecule has 4 nitrogen and oxygen atoms in total. The van der Waals surface area contributed by atoms with Crippen LogP contribution in [0.4, 0.5) is 0 Å². The molecule has 1 N–H and O–H groups in total. The Morgan fingerprint density at radius 3 is 2.24 bits per heavy atom. The fourth-order valence-electron chi connectivity index (χ4n) is 2.73. The molecule has 0 radical (unpaired) electrons. The van der Waals surface area contributed by atoms with Crippen LogP contribution in [0.1, 0.15) is 54.4 Å². The van der Waals surface area contributed by atoms with E-state index >= 15 is 0 Å². The molecule has 1 aromatic rings. The molecule has 0 aliphatic rings. The second-order valence-electron chi connectivity index (χ2n) is 8.14. The third kappa shape index (κ3) is 6.69. The third-order valence-electron chi connectivity index (χ3n) is 5.14. The summed E-state index contributed by atoms with van der Waals surface area (Å²) in [6.45, 7) is 12.6. The van der Waals surface area contributed by atoms with Crippen molar-refractivity contribution in [3.05, 3.63) is 30.3 Å². The molecule has 4 heteroatoms. The molecule has 1 aromatic carbocycles. The van der Waals surface area contributed by atoms with E-state index in [0.717, 1.165) is 12.8 Å². The number of hydrogen-bond acceptors (Lipinski definition) is 4. The van der Waals surface area contributed by atoms with Crippen molar-refractivity contribution >= 4 is 5.97 Å². The van der Waals surface area contributed by atoms with E-state index in [4.69, 9.17) is 9.47 Å². The lowest BCUT2D eigenvalue weighted by Crippen LogP contribution is -2.40. The monoisotopic (exact) mass is 350 g/mol. The van der Waals surface area contributed by atoms with Gasteiger partial charge in [-0.15, -0.1) is 0 Å². The van der Waals surface area contributed by atoms with Crippen LogP contribution in [0.15, 0.2) is 30.3 Å². The van der Waals surface area contributed by atoms with Gasteiger partial charge in [-0.2, -0.15) is 0 Å². The number of carbonyl (C=O) groups excluding carboxylic acids is 1. The fourth-order valence-corrected chi connectivity index (χ4v) is 2.73. The van der Waals surface area contributed by atoms with E-state index < -0.39 is 11.5 Å². The van der Waals surface area contributed by atoms with Gasteiger partial charge in [0.2, 0.25) is 0 Å². The van der Waals surface area contributed by atoms with Crippen LogP contribution < -0.4 is 4.74 Å². The van der Waals surface area contributed by atoms with Crippen molar-refractivity contribution in [1.29, 1.82) is 0 Å². The van der Waals surface area contributed by atoms with E-state index in [1.165, 1.54) is 0 Å². The maximum Gasteiger partial charge on any atom is 0.312 e. The Balaban J connectivity index is 2.56. The summed E-state index contributed by atoms with van der Waals surface area (Å²) < 4.78 is 10.9. The fraction of sp³-hybridized carbons (Fsp3) is 0.667. The second-order valence-corrected chi connectivity index (χ2v) is 8.14. The summed E-state index contributed by atoms with van der Waals surface area (Å²) in [4.78, 5) is 12.7. The predicted molar refractivity (Wildman–Crippen MR) is 101 cm³/mol. The molecule has 25 heavy (non-hydrogen) atoms. The van der Waals surface area contributed by atoms with Gasteiger partial charge in [-0.1, -0.05) is 59.2 Å². The van der Waals surface area contributed by atoms with E-state index in [1.807, 2.05) is 51.1 Å². The summed E-state index contributed by atoms with van der Waals surface area (Å²) in [6, 6.07) is 9.27. The van der Waals surface area contributed by atoms with Crippen molar-refractivity contribution < 1.29 is 19.4 Å². The number of aliphatic hydroxyl groups is 1. The van der Waals surface area contributed by atoms with Crippen LogP contribution in [0.3, 0.4) is 0 Å². The lowest BCUT2D eigenvalue weighted by Gasteiger charge is -2.38. The molecule has 0 spiro atoms. The molecule has 0 fully saturated rings. The summed E-state index contributed by atoms with van der Waals surface area (Å²) in [5, 5.41) is 10.0. The summed E-state index contributed by atoms with van der Waals surface area (Å²) in [6.07, 6.45) is 0.902. The molecular formula is C21H34O4. The van der Waals surface area contributed by atoms with Crippen LogP contribution in [0, 0.1) is 16.7 Å². The highest BCUT2D eigenvalue weighted by Gasteiger charge is 2.42. The molecule has 0 aromatic heterocycles. The van der Waals surface area contributed by atoms with Gasteiger partial charge in [0.05, 0.1) is 5.41 Å². The van der Waals surface area contributed by atoms with Gasteiger partial charge in [0, 0.05) is 0 Å². The zero-order valence-electron chi connectivity index (χ0n) is 16.5. The molecule has 0 aliphatic heterocycles. The van der Waals surface area contributed by atoms with Crippen LogP contribution in [0.5, 0.6) is 5.75 Å². The van der Waals surface area contributed by atoms with Gasteiger partial charge in [0.25, 0.3) is 0 Å². The van der Waals surface area contributed by atoms with Gasteiger partial charge in [-0.25, -0.2) is 0 Å². The standard InChI is InChI=1S/C21H34O4/c1-7-20(4,5)15-21(6,16(2)3)19(23)25-14-17(22)13-24-18-11-9-8-10-12-18/h8-12,16-17,22H,7,13-15H2,1-6H3. The molecule has 0 amide bonds. The lowest BCUT2D eigenvalue weighted by molar-refractivity contribution is -0.163. The number of para-hydroxylation sites is 1. The van der Waals surface area contributed by atoms with Gasteiger partial charge in [0.15, 0.2) is 0 Å². The first-order valence-corrected chi connectivity index (χ1v) is 9.14. The molecule has 0 saturated heterocycles. The first kappa shape index (κ1) is 21.5. The first-order valence-electron chi connectivity index (χ1n) is 9.14. The average Bonchev–Trinajstić information content (AvgIpc) is 2.58. The minimum Gasteiger partial charge on any atom is -0.491 e. The lowest BCUT2D eigenvalue weighted by atomic mass is 9.67. The molecule has 2 unspecified atom stereocenters. The molecule has 0 aliphatic carbocycles. The molecule has 2 atom stereocenters. The Hall–Kier alpha value is -1.55. The van der Waals surface area contributed by atoms with Crippen LogP contribution in [0.2, 0.25) is 0 Å². The molecule has 1 rings (SSSR count). The van der Waals surface area contributed by atoms with Gasteiger partial charge in [-0.3, -0.25) is 4.79 Å². The van der Waals surface area contributed by atoms with Gasteiger partial charge >= 0.3 is 5.97 Å². The molecule has 0 bridgehead atoms. The van der Waals surface area contributed by atoms with Gasteiger partial charge < -0.3 is 14.6 Å². The largest absolute Gasteiger partial charge is 0.491 e. The number of carbonyl (C=O) groups is 1. The van der Waals surface area contributed by atoms with Crippen LogP contribution >= 0.6 is 0 Å². The summed E-state index contributed by atoms with van der Waals surface area (Å²) in [5.41, 5.74) is -0.507. The molecule has 0 heterocycles. The number of ether oxygens (including phenoxy) is 2. The zero-order chi connectivity index (χ0) is 19.1. The molecule has 142 valence electrons. The van der Waals surface area contributed by atoms with E-state index in [1.54, 1.807) is 0 Å². The van der Waals surface area contributed by atoms with Gasteiger partial charge in [0.1, 0.15) is 25.1 Å². The Morgan fingerprint density at radius 2 is 1.72 bits per heavy atom. The van der Waals surface area contributed by atoms with E-state index in [9.17, 15) is 9.90 Å². The Morgan fingerprint density at radius 1 is 1.12 bits per heavy atom. The van der Waals surface area contributed by atoms with Crippen molar-refractivity contribution in [2.45, 2.75) is 60.5 Å². The zero-order valence-corrected chi connectivity index (χ0v) is 16.5. The smallest absolute Gasteiger partial charge is 0.312 e. The van der Waals surface area contributed by atoms with E-state index in [0.29, 0.717) is 5.75 Å². The highest BCUT2D eigenvalue weighted by atomic mass is 16.5. The topological polar surface area (TPSA) is 55.8 Å². The molecular weight excluding hydrogens is 316 g/mol. The number of hydrogen-bond donors (Lipinski definition) is 1. The van der Waals surface area contributed by atoms with Crippen LogP contribution in [0.25, 0.3) is 0 Å². The highest BCUT2D eigenvalue weighted by molar-refractivity contribution is 5.76. The minimum atomic E-state index is -0.847. The van der Waals surface area contributed by atoms with E-state index in [2.05, 4.69) is 20.8 Å². The first-order chi connectivity index (χ1) is 11.6. The summed E-state index contributed by atoms with van der Waals surface area (Å²) in [5.74, 6) is 0.593. The van der Waals surface area contributed by atoms with Gasteiger partial charge in [-0.05, 0) is 36.8 Å².